The number of aromatic nitrogens is 2. The summed E-state index contributed by atoms with van der Waals surface area (Å²) in [7, 11) is 1.60. The van der Waals surface area contributed by atoms with Gasteiger partial charge in [-0.3, -0.25) is 14.2 Å². The van der Waals surface area contributed by atoms with Crippen molar-refractivity contribution in [3.05, 3.63) is 63.2 Å². The molecule has 1 heterocycles. The third-order valence-corrected chi connectivity index (χ3v) is 4.14. The van der Waals surface area contributed by atoms with Crippen LogP contribution in [0.2, 0.25) is 0 Å². The van der Waals surface area contributed by atoms with Crippen LogP contribution in [0.4, 0.5) is 5.69 Å². The fourth-order valence-corrected chi connectivity index (χ4v) is 2.67. The van der Waals surface area contributed by atoms with Crippen molar-refractivity contribution in [2.45, 2.75) is 6.92 Å². The molecule has 128 valence electrons. The number of carbonyl (C=O) groups excluding carboxylic acids is 1. The fourth-order valence-electron chi connectivity index (χ4n) is 2.48. The van der Waals surface area contributed by atoms with Gasteiger partial charge in [0.05, 0.1) is 17.5 Å². The molecule has 0 aliphatic rings. The summed E-state index contributed by atoms with van der Waals surface area (Å²) in [6.45, 7) is 2.45. The molecule has 25 heavy (non-hydrogen) atoms. The lowest BCUT2D eigenvalue weighted by Gasteiger charge is -2.09. The quantitative estimate of drug-likeness (QED) is 0.705. The molecule has 2 N–H and O–H groups in total. The number of anilines is 1. The number of benzene rings is 2. The molecule has 0 aliphatic heterocycles. The Kier molecular flexibility index (Phi) is 4.67. The first kappa shape index (κ1) is 16.9. The Morgan fingerprint density at radius 3 is 2.84 bits per heavy atom. The molecule has 7 heteroatoms. The maximum atomic E-state index is 12.5. The van der Waals surface area contributed by atoms with Gasteiger partial charge in [-0.15, -0.1) is 0 Å². The van der Waals surface area contributed by atoms with Gasteiger partial charge in [0.1, 0.15) is 5.75 Å². The van der Waals surface area contributed by atoms with E-state index < -0.39 is 0 Å². The van der Waals surface area contributed by atoms with E-state index in [1.54, 1.807) is 37.4 Å². The Balaban J connectivity index is 1.92. The predicted molar refractivity (Wildman–Crippen MR) is 99.9 cm³/mol. The lowest BCUT2D eigenvalue weighted by Crippen LogP contribution is -2.19. The van der Waals surface area contributed by atoms with E-state index in [1.165, 1.54) is 4.57 Å². The molecular weight excluding hydrogens is 338 g/mol. The Bertz CT molecular complexity index is 1070. The number of amides is 1. The van der Waals surface area contributed by atoms with Crippen LogP contribution in [0.15, 0.2) is 47.3 Å². The van der Waals surface area contributed by atoms with Gasteiger partial charge >= 0.3 is 0 Å². The Morgan fingerprint density at radius 2 is 2.08 bits per heavy atom. The number of rotatable bonds is 4. The number of aromatic amines is 1. The first-order chi connectivity index (χ1) is 12.0. The number of hydrogen-bond acceptors (Lipinski definition) is 4. The maximum absolute atomic E-state index is 12.5. The van der Waals surface area contributed by atoms with Crippen LogP contribution in [0.25, 0.3) is 10.9 Å². The highest BCUT2D eigenvalue weighted by atomic mass is 32.1. The van der Waals surface area contributed by atoms with Gasteiger partial charge in [-0.1, -0.05) is 6.07 Å². The van der Waals surface area contributed by atoms with E-state index in [1.807, 2.05) is 19.1 Å². The molecule has 0 fully saturated rings. The summed E-state index contributed by atoms with van der Waals surface area (Å²) < 4.78 is 7.09. The molecule has 0 bridgehead atoms. The van der Waals surface area contributed by atoms with Crippen molar-refractivity contribution in [3.8, 4) is 5.75 Å². The summed E-state index contributed by atoms with van der Waals surface area (Å²) in [5.41, 5.74) is 1.39. The van der Waals surface area contributed by atoms with Gasteiger partial charge in [0, 0.05) is 24.4 Å². The van der Waals surface area contributed by atoms with Crippen LogP contribution in [0.5, 0.6) is 5.75 Å². The molecule has 2 aromatic carbocycles. The number of ether oxygens (including phenoxy) is 1. The topological polar surface area (TPSA) is 76.1 Å². The van der Waals surface area contributed by atoms with Gasteiger partial charge in [0.15, 0.2) is 4.77 Å². The largest absolute Gasteiger partial charge is 0.494 e. The number of nitrogens with zero attached hydrogens (tertiary/aromatic N) is 1. The van der Waals surface area contributed by atoms with Crippen molar-refractivity contribution in [3.63, 3.8) is 0 Å². The molecule has 3 rings (SSSR count). The first-order valence-electron chi connectivity index (χ1n) is 7.77. The fraction of sp³-hybridized carbons (Fsp3) is 0.167. The van der Waals surface area contributed by atoms with E-state index in [4.69, 9.17) is 17.0 Å². The third-order valence-electron chi connectivity index (χ3n) is 3.77. The van der Waals surface area contributed by atoms with E-state index in [9.17, 15) is 9.59 Å². The molecule has 6 nitrogen and oxygen atoms in total. The van der Waals surface area contributed by atoms with Crippen molar-refractivity contribution < 1.29 is 9.53 Å². The summed E-state index contributed by atoms with van der Waals surface area (Å²) in [4.78, 5) is 27.6. The maximum Gasteiger partial charge on any atom is 0.261 e. The molecule has 0 radical (unpaired) electrons. The number of carbonyl (C=O) groups is 1. The normalized spacial score (nSPS) is 10.6. The second-order valence-electron chi connectivity index (χ2n) is 5.47. The summed E-state index contributed by atoms with van der Waals surface area (Å²) in [5, 5.41) is 3.30. The molecule has 3 aromatic rings. The van der Waals surface area contributed by atoms with Gasteiger partial charge in [-0.25, -0.2) is 0 Å². The van der Waals surface area contributed by atoms with Crippen LogP contribution in [-0.4, -0.2) is 22.1 Å². The number of fused-ring (bicyclic) bond motifs is 1. The Hall–Kier alpha value is -2.93. The minimum atomic E-state index is -0.282. The standard InChI is InChI=1S/C18H17N3O3S/c1-3-24-13-6-4-5-12(10-13)19-16(22)11-7-8-14-15(9-11)20-18(25)21(2)17(14)23/h4-10H,3H2,1-2H3,(H,19,22)(H,20,25). The van der Waals surface area contributed by atoms with E-state index in [0.29, 0.717) is 39.3 Å². The zero-order chi connectivity index (χ0) is 18.0. The van der Waals surface area contributed by atoms with Crippen molar-refractivity contribution in [2.24, 2.45) is 7.05 Å². The summed E-state index contributed by atoms with van der Waals surface area (Å²) in [6, 6.07) is 12.0. The summed E-state index contributed by atoms with van der Waals surface area (Å²) in [5.74, 6) is 0.405. The molecule has 0 atom stereocenters. The van der Waals surface area contributed by atoms with Crippen LogP contribution >= 0.6 is 12.2 Å². The molecule has 1 aromatic heterocycles. The second-order valence-corrected chi connectivity index (χ2v) is 5.86. The van der Waals surface area contributed by atoms with Crippen molar-refractivity contribution in [2.75, 3.05) is 11.9 Å². The third kappa shape index (κ3) is 3.46. The summed E-state index contributed by atoms with van der Waals surface area (Å²) >= 11 is 5.11. The van der Waals surface area contributed by atoms with Gasteiger partial charge in [0.2, 0.25) is 0 Å². The highest BCUT2D eigenvalue weighted by molar-refractivity contribution is 7.71. The monoisotopic (exact) mass is 355 g/mol. The van der Waals surface area contributed by atoms with Crippen LogP contribution < -0.4 is 15.6 Å². The van der Waals surface area contributed by atoms with E-state index in [-0.39, 0.29) is 11.5 Å². The highest BCUT2D eigenvalue weighted by Gasteiger charge is 2.10. The SMILES string of the molecule is CCOc1cccc(NC(=O)c2ccc3c(=O)n(C)c(=S)[nH]c3c2)c1. The molecule has 0 aliphatic carbocycles. The number of nitrogens with one attached hydrogen (secondary N) is 2. The minimum absolute atomic E-state index is 0.199. The average Bonchev–Trinajstić information content (AvgIpc) is 2.60. The molecular formula is C18H17N3O3S. The lowest BCUT2D eigenvalue weighted by molar-refractivity contribution is 0.102. The lowest BCUT2D eigenvalue weighted by atomic mass is 10.1. The summed E-state index contributed by atoms with van der Waals surface area (Å²) in [6.07, 6.45) is 0. The Morgan fingerprint density at radius 1 is 1.28 bits per heavy atom. The van der Waals surface area contributed by atoms with Crippen molar-refractivity contribution in [1.29, 1.82) is 0 Å². The zero-order valence-corrected chi connectivity index (χ0v) is 14.6. The minimum Gasteiger partial charge on any atom is -0.494 e. The second kappa shape index (κ2) is 6.90. The number of hydrogen-bond donors (Lipinski definition) is 2. The first-order valence-corrected chi connectivity index (χ1v) is 8.17. The smallest absolute Gasteiger partial charge is 0.261 e. The molecule has 0 saturated heterocycles. The zero-order valence-electron chi connectivity index (χ0n) is 13.8. The van der Waals surface area contributed by atoms with Gasteiger partial charge in [-0.05, 0) is 49.5 Å². The van der Waals surface area contributed by atoms with Crippen LogP contribution in [0, 0.1) is 4.77 Å². The molecule has 0 spiro atoms. The van der Waals surface area contributed by atoms with Crippen LogP contribution in [-0.2, 0) is 7.05 Å². The van der Waals surface area contributed by atoms with Crippen molar-refractivity contribution >= 4 is 34.7 Å². The van der Waals surface area contributed by atoms with E-state index in [2.05, 4.69) is 10.3 Å². The van der Waals surface area contributed by atoms with Crippen LogP contribution in [0.1, 0.15) is 17.3 Å². The van der Waals surface area contributed by atoms with Gasteiger partial charge in [-0.2, -0.15) is 0 Å². The van der Waals surface area contributed by atoms with Crippen LogP contribution in [0.3, 0.4) is 0 Å². The Labute approximate surface area is 149 Å². The highest BCUT2D eigenvalue weighted by Crippen LogP contribution is 2.19. The number of H-pyrrole nitrogens is 1. The van der Waals surface area contributed by atoms with Gasteiger partial charge in [0.25, 0.3) is 11.5 Å². The van der Waals surface area contributed by atoms with E-state index in [0.717, 1.165) is 0 Å². The molecule has 1 amide bonds. The molecule has 0 saturated carbocycles. The van der Waals surface area contributed by atoms with E-state index >= 15 is 0 Å². The predicted octanol–water partition coefficient (Wildman–Crippen LogP) is 3.25. The average molecular weight is 355 g/mol. The van der Waals surface area contributed by atoms with Gasteiger partial charge < -0.3 is 15.0 Å². The molecule has 0 unspecified atom stereocenters. The van der Waals surface area contributed by atoms with Crippen molar-refractivity contribution in [1.82, 2.24) is 9.55 Å².